The van der Waals surface area contributed by atoms with Crippen molar-refractivity contribution in [3.05, 3.63) is 67.6 Å². The molecule has 1 aliphatic rings. The van der Waals surface area contributed by atoms with Gasteiger partial charge in [-0.25, -0.2) is 4.79 Å². The maximum absolute atomic E-state index is 11.9. The Morgan fingerprint density at radius 1 is 1.00 bits per heavy atom. The van der Waals surface area contributed by atoms with Crippen molar-refractivity contribution < 1.29 is 19.1 Å². The number of imide groups is 2. The topological polar surface area (TPSA) is 84.5 Å². The van der Waals surface area contributed by atoms with E-state index in [9.17, 15) is 14.4 Å². The number of ether oxygens (including phenoxy) is 1. The van der Waals surface area contributed by atoms with Gasteiger partial charge in [0.15, 0.2) is 0 Å². The van der Waals surface area contributed by atoms with Gasteiger partial charge in [-0.15, -0.1) is 0 Å². The number of nitrogens with one attached hydrogen (secondary N) is 2. The van der Waals surface area contributed by atoms with Crippen molar-refractivity contribution >= 4 is 55.8 Å². The molecule has 1 saturated heterocycles. The van der Waals surface area contributed by atoms with E-state index in [0.717, 1.165) is 20.1 Å². The van der Waals surface area contributed by atoms with E-state index in [0.29, 0.717) is 17.7 Å². The van der Waals surface area contributed by atoms with Gasteiger partial charge in [-0.3, -0.25) is 20.2 Å². The second kappa shape index (κ2) is 8.06. The molecule has 0 atom stereocenters. The molecule has 2 N–H and O–H groups in total. The lowest BCUT2D eigenvalue weighted by atomic mass is 10.0. The Labute approximate surface area is 172 Å². The smallest absolute Gasteiger partial charge is 0.328 e. The first kappa shape index (κ1) is 19.3. The van der Waals surface area contributed by atoms with Crippen LogP contribution in [0.2, 0.25) is 0 Å². The van der Waals surface area contributed by atoms with Crippen LogP contribution in [0.5, 0.6) is 5.75 Å². The normalized spacial score (nSPS) is 13.9. The van der Waals surface area contributed by atoms with Gasteiger partial charge in [-0.1, -0.05) is 50.1 Å². The van der Waals surface area contributed by atoms with Gasteiger partial charge in [0.25, 0.3) is 11.8 Å². The lowest BCUT2D eigenvalue weighted by Crippen LogP contribution is -2.51. The monoisotopic (exact) mass is 492 g/mol. The van der Waals surface area contributed by atoms with Crippen LogP contribution >= 0.6 is 31.9 Å². The van der Waals surface area contributed by atoms with Crippen LogP contribution in [0, 0.1) is 0 Å². The molecule has 0 aromatic heterocycles. The van der Waals surface area contributed by atoms with Crippen LogP contribution in [0.25, 0.3) is 6.08 Å². The van der Waals surface area contributed by atoms with Gasteiger partial charge >= 0.3 is 6.03 Å². The highest BCUT2D eigenvalue weighted by molar-refractivity contribution is 9.10. The molecule has 3 rings (SSSR count). The average Bonchev–Trinajstić information content (AvgIpc) is 2.61. The predicted molar refractivity (Wildman–Crippen MR) is 107 cm³/mol. The van der Waals surface area contributed by atoms with Crippen molar-refractivity contribution in [3.8, 4) is 5.75 Å². The number of amides is 4. The summed E-state index contributed by atoms with van der Waals surface area (Å²) in [7, 11) is 1.56. The Balaban J connectivity index is 1.98. The van der Waals surface area contributed by atoms with Gasteiger partial charge < -0.3 is 4.74 Å². The molecule has 138 valence electrons. The SMILES string of the molecule is COc1cc(C=C2C(=O)NC(=O)NC2=O)cc(Br)c1Cc1ccccc1Br. The molecule has 1 aliphatic heterocycles. The van der Waals surface area contributed by atoms with Gasteiger partial charge in [-0.2, -0.15) is 0 Å². The van der Waals surface area contributed by atoms with Gasteiger partial charge in [0.2, 0.25) is 0 Å². The Morgan fingerprint density at radius 2 is 1.67 bits per heavy atom. The summed E-state index contributed by atoms with van der Waals surface area (Å²) in [6.07, 6.45) is 2.03. The highest BCUT2D eigenvalue weighted by Gasteiger charge is 2.27. The molecule has 1 heterocycles. The van der Waals surface area contributed by atoms with Gasteiger partial charge in [-0.05, 0) is 35.4 Å². The minimum Gasteiger partial charge on any atom is -0.496 e. The molecule has 4 amide bonds. The lowest BCUT2D eigenvalue weighted by molar-refractivity contribution is -0.123. The first-order chi connectivity index (χ1) is 12.9. The summed E-state index contributed by atoms with van der Waals surface area (Å²) in [4.78, 5) is 35.0. The molecule has 0 spiro atoms. The zero-order valence-corrected chi connectivity index (χ0v) is 17.3. The molecule has 2 aromatic carbocycles. The maximum atomic E-state index is 11.9. The summed E-state index contributed by atoms with van der Waals surface area (Å²) in [6.45, 7) is 0. The lowest BCUT2D eigenvalue weighted by Gasteiger charge is -2.16. The molecule has 6 nitrogen and oxygen atoms in total. The van der Waals surface area contributed by atoms with Crippen molar-refractivity contribution in [3.63, 3.8) is 0 Å². The number of urea groups is 1. The van der Waals surface area contributed by atoms with E-state index in [1.165, 1.54) is 6.08 Å². The summed E-state index contributed by atoms with van der Waals surface area (Å²) in [5, 5.41) is 4.09. The second-order valence-corrected chi connectivity index (χ2v) is 7.46. The summed E-state index contributed by atoms with van der Waals surface area (Å²) in [5.74, 6) is -0.869. The highest BCUT2D eigenvalue weighted by atomic mass is 79.9. The number of barbiturate groups is 1. The third kappa shape index (κ3) is 4.28. The number of methoxy groups -OCH3 is 1. The highest BCUT2D eigenvalue weighted by Crippen LogP contribution is 2.33. The van der Waals surface area contributed by atoms with Crippen molar-refractivity contribution in [2.24, 2.45) is 0 Å². The first-order valence-electron chi connectivity index (χ1n) is 7.87. The molecular formula is C19H14Br2N2O4. The van der Waals surface area contributed by atoms with E-state index >= 15 is 0 Å². The van der Waals surface area contributed by atoms with Crippen LogP contribution in [-0.2, 0) is 16.0 Å². The predicted octanol–water partition coefficient (Wildman–Crippen LogP) is 3.56. The van der Waals surface area contributed by atoms with E-state index in [4.69, 9.17) is 4.74 Å². The van der Waals surface area contributed by atoms with Crippen LogP contribution in [0.3, 0.4) is 0 Å². The minimum atomic E-state index is -0.829. The number of benzene rings is 2. The van der Waals surface area contributed by atoms with Gasteiger partial charge in [0, 0.05) is 20.9 Å². The number of hydrogen-bond acceptors (Lipinski definition) is 4. The molecule has 0 saturated carbocycles. The molecule has 0 bridgehead atoms. The van der Waals surface area contributed by atoms with Gasteiger partial charge in [0.05, 0.1) is 7.11 Å². The minimum absolute atomic E-state index is 0.151. The standard InChI is InChI=1S/C19H14Br2N2O4/c1-27-16-8-10(6-13-17(24)22-19(26)23-18(13)25)7-15(21)12(16)9-11-4-2-3-5-14(11)20/h2-8H,9H2,1H3,(H2,22,23,24,25,26). The van der Waals surface area contributed by atoms with E-state index in [1.807, 2.05) is 34.9 Å². The van der Waals surface area contributed by atoms with Crippen LogP contribution in [0.1, 0.15) is 16.7 Å². The van der Waals surface area contributed by atoms with Crippen molar-refractivity contribution in [1.29, 1.82) is 0 Å². The Hall–Kier alpha value is -2.45. The summed E-state index contributed by atoms with van der Waals surface area (Å²) in [5.41, 5.74) is 2.46. The number of rotatable bonds is 4. The fourth-order valence-electron chi connectivity index (χ4n) is 2.67. The Bertz CT molecular complexity index is 964. The molecule has 8 heteroatoms. The molecular weight excluding hydrogens is 480 g/mol. The third-order valence-corrected chi connectivity index (χ3v) is 5.46. The van der Waals surface area contributed by atoms with Crippen LogP contribution in [0.15, 0.2) is 50.9 Å². The van der Waals surface area contributed by atoms with E-state index in [2.05, 4.69) is 31.9 Å². The molecule has 0 aliphatic carbocycles. The molecule has 1 fully saturated rings. The summed E-state index contributed by atoms with van der Waals surface area (Å²) in [6, 6.07) is 10.6. The van der Waals surface area contributed by atoms with E-state index in [-0.39, 0.29) is 5.57 Å². The van der Waals surface area contributed by atoms with Crippen molar-refractivity contribution in [2.45, 2.75) is 6.42 Å². The molecule has 2 aromatic rings. The number of halogens is 2. The quantitative estimate of drug-likeness (QED) is 0.503. The molecule has 0 unspecified atom stereocenters. The Kier molecular flexibility index (Phi) is 5.76. The maximum Gasteiger partial charge on any atom is 0.328 e. The zero-order valence-electron chi connectivity index (χ0n) is 14.1. The van der Waals surface area contributed by atoms with Crippen molar-refractivity contribution in [1.82, 2.24) is 10.6 Å². The molecule has 0 radical (unpaired) electrons. The van der Waals surface area contributed by atoms with Crippen molar-refractivity contribution in [2.75, 3.05) is 7.11 Å². The second-order valence-electron chi connectivity index (χ2n) is 5.75. The third-order valence-electron chi connectivity index (χ3n) is 3.98. The summed E-state index contributed by atoms with van der Waals surface area (Å²) >= 11 is 7.09. The van der Waals surface area contributed by atoms with Crippen LogP contribution in [0.4, 0.5) is 4.79 Å². The van der Waals surface area contributed by atoms with Crippen LogP contribution in [-0.4, -0.2) is 25.0 Å². The zero-order chi connectivity index (χ0) is 19.6. The Morgan fingerprint density at radius 3 is 2.30 bits per heavy atom. The largest absolute Gasteiger partial charge is 0.496 e. The number of carbonyl (C=O) groups is 3. The van der Waals surface area contributed by atoms with Crippen LogP contribution < -0.4 is 15.4 Å². The fourth-order valence-corrected chi connectivity index (χ4v) is 3.70. The molecule has 27 heavy (non-hydrogen) atoms. The number of carbonyl (C=O) groups excluding carboxylic acids is 3. The van der Waals surface area contributed by atoms with Gasteiger partial charge in [0.1, 0.15) is 11.3 Å². The summed E-state index contributed by atoms with van der Waals surface area (Å²) < 4.78 is 7.28. The average molecular weight is 494 g/mol. The van der Waals surface area contributed by atoms with E-state index in [1.54, 1.807) is 19.2 Å². The fraction of sp³-hybridized carbons (Fsp3) is 0.105. The number of hydrogen-bond donors (Lipinski definition) is 2. The first-order valence-corrected chi connectivity index (χ1v) is 9.46. The van der Waals surface area contributed by atoms with E-state index < -0.39 is 17.8 Å².